The van der Waals surface area contributed by atoms with E-state index in [1.54, 1.807) is 37.6 Å². The van der Waals surface area contributed by atoms with Crippen LogP contribution in [0.25, 0.3) is 11.2 Å². The van der Waals surface area contributed by atoms with Crippen molar-refractivity contribution in [1.82, 2.24) is 19.5 Å². The van der Waals surface area contributed by atoms with Gasteiger partial charge in [-0.2, -0.15) is 0 Å². The summed E-state index contributed by atoms with van der Waals surface area (Å²) >= 11 is 0. The molecule has 184 valence electrons. The zero-order valence-electron chi connectivity index (χ0n) is 20.0. The standard InChI is InChI=1S/C26H26N6O4/c1-16-29-22-4-3-11-27-24(22)32(16)19-9-12-31(13-10-19)23-21(26(34)35)14-18(15-28-23)30-25(33)17-5-7-20(36-2)8-6-17/h3-8,11,14-15,19H,9-10,12-13H2,1-2H3,(H,30,33)(H,34,35). The van der Waals surface area contributed by atoms with Crippen LogP contribution in [0.15, 0.2) is 54.9 Å². The molecule has 10 nitrogen and oxygen atoms in total. The summed E-state index contributed by atoms with van der Waals surface area (Å²) in [6.45, 7) is 3.26. The number of nitrogens with zero attached hydrogens (tertiary/aromatic N) is 5. The van der Waals surface area contributed by atoms with Gasteiger partial charge in [0.2, 0.25) is 0 Å². The first-order valence-corrected chi connectivity index (χ1v) is 11.7. The molecule has 1 aromatic carbocycles. The van der Waals surface area contributed by atoms with E-state index in [0.717, 1.165) is 29.8 Å². The van der Waals surface area contributed by atoms with E-state index in [1.807, 2.05) is 24.0 Å². The molecule has 0 radical (unpaired) electrons. The number of pyridine rings is 2. The lowest BCUT2D eigenvalue weighted by Crippen LogP contribution is -2.36. The first-order valence-electron chi connectivity index (χ1n) is 11.7. The monoisotopic (exact) mass is 486 g/mol. The largest absolute Gasteiger partial charge is 0.497 e. The van der Waals surface area contributed by atoms with Gasteiger partial charge in [0.15, 0.2) is 5.65 Å². The van der Waals surface area contributed by atoms with Crippen LogP contribution in [0.4, 0.5) is 11.5 Å². The predicted octanol–water partition coefficient (Wildman–Crippen LogP) is 3.94. The molecule has 1 amide bonds. The number of imidazole rings is 1. The van der Waals surface area contributed by atoms with Crippen LogP contribution in [-0.2, 0) is 0 Å². The predicted molar refractivity (Wildman–Crippen MR) is 135 cm³/mol. The Hall–Kier alpha value is -4.47. The molecule has 0 spiro atoms. The molecular formula is C26H26N6O4. The second-order valence-corrected chi connectivity index (χ2v) is 8.68. The summed E-state index contributed by atoms with van der Waals surface area (Å²) in [7, 11) is 1.55. The number of aryl methyl sites for hydroxylation is 1. The number of carboxylic acid groups (broad SMARTS) is 1. The quantitative estimate of drug-likeness (QED) is 0.420. The molecule has 1 saturated heterocycles. The Morgan fingerprint density at radius 1 is 1.11 bits per heavy atom. The van der Waals surface area contributed by atoms with Gasteiger partial charge < -0.3 is 24.6 Å². The zero-order chi connectivity index (χ0) is 25.2. The van der Waals surface area contributed by atoms with Gasteiger partial charge in [-0.1, -0.05) is 0 Å². The Labute approximate surface area is 207 Å². The van der Waals surface area contributed by atoms with E-state index in [-0.39, 0.29) is 17.5 Å². The molecule has 0 atom stereocenters. The van der Waals surface area contributed by atoms with Crippen LogP contribution in [0, 0.1) is 6.92 Å². The maximum Gasteiger partial charge on any atom is 0.339 e. The molecule has 2 N–H and O–H groups in total. The van der Waals surface area contributed by atoms with Gasteiger partial charge in [-0.25, -0.2) is 19.7 Å². The molecule has 0 aliphatic carbocycles. The fourth-order valence-electron chi connectivity index (χ4n) is 4.70. The Kier molecular flexibility index (Phi) is 6.24. The van der Waals surface area contributed by atoms with E-state index in [1.165, 1.54) is 12.3 Å². The Bertz CT molecular complexity index is 1420. The van der Waals surface area contributed by atoms with Crippen molar-refractivity contribution in [2.45, 2.75) is 25.8 Å². The van der Waals surface area contributed by atoms with Crippen molar-refractivity contribution in [2.75, 3.05) is 30.4 Å². The SMILES string of the molecule is COc1ccc(C(=O)Nc2cnc(N3CCC(n4c(C)nc5cccnc54)CC3)c(C(=O)O)c2)cc1. The smallest absolute Gasteiger partial charge is 0.339 e. The van der Waals surface area contributed by atoms with Crippen LogP contribution in [-0.4, -0.2) is 56.7 Å². The van der Waals surface area contributed by atoms with Crippen LogP contribution >= 0.6 is 0 Å². The summed E-state index contributed by atoms with van der Waals surface area (Å²) in [6, 6.07) is 12.2. The number of amides is 1. The molecular weight excluding hydrogens is 460 g/mol. The van der Waals surface area contributed by atoms with E-state index in [2.05, 4.69) is 24.8 Å². The van der Waals surface area contributed by atoms with Crippen molar-refractivity contribution in [1.29, 1.82) is 0 Å². The average molecular weight is 487 g/mol. The lowest BCUT2D eigenvalue weighted by atomic mass is 10.0. The second-order valence-electron chi connectivity index (χ2n) is 8.68. The number of hydrogen-bond acceptors (Lipinski definition) is 7. The normalized spacial score (nSPS) is 14.1. The van der Waals surface area contributed by atoms with E-state index < -0.39 is 5.97 Å². The number of ether oxygens (including phenoxy) is 1. The third-order valence-corrected chi connectivity index (χ3v) is 6.46. The van der Waals surface area contributed by atoms with Crippen molar-refractivity contribution >= 4 is 34.5 Å². The average Bonchev–Trinajstić information content (AvgIpc) is 3.24. The molecule has 4 heterocycles. The van der Waals surface area contributed by atoms with Crippen molar-refractivity contribution < 1.29 is 19.4 Å². The van der Waals surface area contributed by atoms with Crippen molar-refractivity contribution in [3.63, 3.8) is 0 Å². The number of fused-ring (bicyclic) bond motifs is 1. The van der Waals surface area contributed by atoms with Gasteiger partial charge in [-0.3, -0.25) is 4.79 Å². The van der Waals surface area contributed by atoms with Crippen LogP contribution in [0.5, 0.6) is 5.75 Å². The molecule has 1 aliphatic rings. The molecule has 0 bridgehead atoms. The second kappa shape index (κ2) is 9.65. The van der Waals surface area contributed by atoms with Gasteiger partial charge in [-0.15, -0.1) is 0 Å². The molecule has 10 heteroatoms. The van der Waals surface area contributed by atoms with Gasteiger partial charge in [-0.05, 0) is 62.2 Å². The first-order chi connectivity index (χ1) is 17.4. The fraction of sp³-hybridized carbons (Fsp3) is 0.269. The van der Waals surface area contributed by atoms with E-state index in [9.17, 15) is 14.7 Å². The third kappa shape index (κ3) is 4.45. The summed E-state index contributed by atoms with van der Waals surface area (Å²) in [5.74, 6) is 0.501. The number of aromatic carboxylic acids is 1. The van der Waals surface area contributed by atoms with Crippen molar-refractivity contribution in [3.8, 4) is 5.75 Å². The van der Waals surface area contributed by atoms with Crippen molar-refractivity contribution in [3.05, 3.63) is 71.8 Å². The molecule has 4 aromatic rings. The summed E-state index contributed by atoms with van der Waals surface area (Å²) < 4.78 is 7.29. The highest BCUT2D eigenvalue weighted by Gasteiger charge is 2.27. The number of carbonyl (C=O) groups excluding carboxylic acids is 1. The number of carbonyl (C=O) groups is 2. The van der Waals surface area contributed by atoms with E-state index in [4.69, 9.17) is 4.74 Å². The highest BCUT2D eigenvalue weighted by Crippen LogP contribution is 2.31. The molecule has 3 aromatic heterocycles. The highest BCUT2D eigenvalue weighted by molar-refractivity contribution is 6.05. The number of aromatic nitrogens is 4. The number of carboxylic acids is 1. The van der Waals surface area contributed by atoms with E-state index >= 15 is 0 Å². The number of piperidine rings is 1. The molecule has 5 rings (SSSR count). The lowest BCUT2D eigenvalue weighted by Gasteiger charge is -2.34. The van der Waals surface area contributed by atoms with Gasteiger partial charge in [0.25, 0.3) is 5.91 Å². The fourth-order valence-corrected chi connectivity index (χ4v) is 4.70. The number of methoxy groups -OCH3 is 1. The van der Waals surface area contributed by atoms with Crippen LogP contribution in [0.2, 0.25) is 0 Å². The number of benzene rings is 1. The number of hydrogen-bond donors (Lipinski definition) is 2. The zero-order valence-corrected chi connectivity index (χ0v) is 20.0. The maximum absolute atomic E-state index is 12.6. The third-order valence-electron chi connectivity index (χ3n) is 6.46. The Balaban J connectivity index is 1.31. The Morgan fingerprint density at radius 3 is 2.56 bits per heavy atom. The molecule has 0 unspecified atom stereocenters. The van der Waals surface area contributed by atoms with Crippen LogP contribution in [0.3, 0.4) is 0 Å². The first kappa shape index (κ1) is 23.3. The summed E-state index contributed by atoms with van der Waals surface area (Å²) in [4.78, 5) is 40.2. The number of rotatable bonds is 6. The Morgan fingerprint density at radius 2 is 1.86 bits per heavy atom. The van der Waals surface area contributed by atoms with Crippen LogP contribution < -0.4 is 15.0 Å². The molecule has 1 aliphatic heterocycles. The van der Waals surface area contributed by atoms with Gasteiger partial charge in [0.05, 0.1) is 19.0 Å². The number of anilines is 2. The van der Waals surface area contributed by atoms with Crippen LogP contribution in [0.1, 0.15) is 45.4 Å². The highest BCUT2D eigenvalue weighted by atomic mass is 16.5. The summed E-state index contributed by atoms with van der Waals surface area (Å²) in [5.41, 5.74) is 2.54. The lowest BCUT2D eigenvalue weighted by molar-refractivity contribution is 0.0696. The minimum Gasteiger partial charge on any atom is -0.497 e. The topological polar surface area (TPSA) is 122 Å². The van der Waals surface area contributed by atoms with Gasteiger partial charge >= 0.3 is 5.97 Å². The number of nitrogens with one attached hydrogen (secondary N) is 1. The van der Waals surface area contributed by atoms with Gasteiger partial charge in [0, 0.05) is 30.9 Å². The van der Waals surface area contributed by atoms with Gasteiger partial charge in [0.1, 0.15) is 28.5 Å². The summed E-state index contributed by atoms with van der Waals surface area (Å²) in [5, 5.41) is 12.6. The molecule has 36 heavy (non-hydrogen) atoms. The molecule has 0 saturated carbocycles. The minimum absolute atomic E-state index is 0.0481. The maximum atomic E-state index is 12.6. The molecule has 1 fully saturated rings. The summed E-state index contributed by atoms with van der Waals surface area (Å²) in [6.07, 6.45) is 4.87. The van der Waals surface area contributed by atoms with E-state index in [0.29, 0.717) is 35.9 Å². The minimum atomic E-state index is -1.10. The van der Waals surface area contributed by atoms with Crippen molar-refractivity contribution in [2.24, 2.45) is 0 Å².